The van der Waals surface area contributed by atoms with Gasteiger partial charge < -0.3 is 10.6 Å². The topological polar surface area (TPSA) is 64.9 Å². The molecule has 4 nitrogen and oxygen atoms in total. The molecule has 0 radical (unpaired) electrons. The van der Waals surface area contributed by atoms with Crippen LogP contribution in [0.3, 0.4) is 0 Å². The van der Waals surface area contributed by atoms with E-state index >= 15 is 0 Å². The van der Waals surface area contributed by atoms with Crippen molar-refractivity contribution >= 4 is 11.6 Å². The van der Waals surface area contributed by atoms with Crippen molar-refractivity contribution in [2.45, 2.75) is 20.8 Å². The molecule has 0 saturated carbocycles. The maximum atomic E-state index is 12.9. The summed E-state index contributed by atoms with van der Waals surface area (Å²) in [5.74, 6) is -0.475. The first-order chi connectivity index (χ1) is 8.84. The van der Waals surface area contributed by atoms with Crippen LogP contribution in [0.4, 0.5) is 10.1 Å². The Morgan fingerprint density at radius 1 is 1.37 bits per heavy atom. The molecule has 0 aliphatic rings. The number of rotatable bonds is 4. The second-order valence-corrected chi connectivity index (χ2v) is 5.23. The lowest BCUT2D eigenvalue weighted by atomic mass is 9.96. The first-order valence-electron chi connectivity index (χ1n) is 6.06. The lowest BCUT2D eigenvalue weighted by Crippen LogP contribution is -2.37. The zero-order valence-corrected chi connectivity index (χ0v) is 11.4. The van der Waals surface area contributed by atoms with Crippen molar-refractivity contribution in [2.75, 3.05) is 18.4 Å². The first-order valence-corrected chi connectivity index (χ1v) is 6.06. The van der Waals surface area contributed by atoms with Gasteiger partial charge in [0.2, 0.25) is 5.91 Å². The molecule has 0 aliphatic carbocycles. The highest BCUT2D eigenvalue weighted by atomic mass is 19.1. The summed E-state index contributed by atoms with van der Waals surface area (Å²) in [6, 6.07) is 5.90. The van der Waals surface area contributed by atoms with Crippen molar-refractivity contribution in [1.29, 1.82) is 5.26 Å². The van der Waals surface area contributed by atoms with Gasteiger partial charge in [0.05, 0.1) is 11.3 Å². The molecule has 0 aromatic heterocycles. The number of amides is 1. The molecule has 0 spiro atoms. The Morgan fingerprint density at radius 3 is 2.63 bits per heavy atom. The Labute approximate surface area is 112 Å². The summed E-state index contributed by atoms with van der Waals surface area (Å²) >= 11 is 0. The van der Waals surface area contributed by atoms with Crippen LogP contribution in [0.1, 0.15) is 26.3 Å². The van der Waals surface area contributed by atoms with Crippen LogP contribution in [0, 0.1) is 22.6 Å². The third-order valence-corrected chi connectivity index (χ3v) is 2.51. The summed E-state index contributed by atoms with van der Waals surface area (Å²) in [4.78, 5) is 11.6. The average molecular weight is 263 g/mol. The highest BCUT2D eigenvalue weighted by Gasteiger charge is 2.20. The van der Waals surface area contributed by atoms with Gasteiger partial charge in [0.15, 0.2) is 0 Å². The van der Waals surface area contributed by atoms with Crippen molar-refractivity contribution in [2.24, 2.45) is 5.41 Å². The fraction of sp³-hybridized carbons (Fsp3) is 0.429. The zero-order chi connectivity index (χ0) is 14.5. The van der Waals surface area contributed by atoms with E-state index in [-0.39, 0.29) is 11.5 Å². The van der Waals surface area contributed by atoms with Crippen LogP contribution in [0.2, 0.25) is 0 Å². The van der Waals surface area contributed by atoms with Crippen LogP contribution in [-0.4, -0.2) is 19.0 Å². The summed E-state index contributed by atoms with van der Waals surface area (Å²) in [6.07, 6.45) is 0. The summed E-state index contributed by atoms with van der Waals surface area (Å²) in [6.45, 7) is 6.43. The third-order valence-electron chi connectivity index (χ3n) is 2.51. The lowest BCUT2D eigenvalue weighted by molar-refractivity contribution is -0.128. The van der Waals surface area contributed by atoms with Gasteiger partial charge in [-0.25, -0.2) is 4.39 Å². The summed E-state index contributed by atoms with van der Waals surface area (Å²) in [5.41, 5.74) is 0.393. The van der Waals surface area contributed by atoms with Crippen LogP contribution in [-0.2, 0) is 4.79 Å². The van der Waals surface area contributed by atoms with Gasteiger partial charge in [-0.2, -0.15) is 5.26 Å². The van der Waals surface area contributed by atoms with E-state index in [1.54, 1.807) is 0 Å². The molecular formula is C14H18FN3O. The second kappa shape index (κ2) is 6.19. The Balaban J connectivity index is 2.47. The molecule has 0 atom stereocenters. The van der Waals surface area contributed by atoms with Gasteiger partial charge in [-0.15, -0.1) is 0 Å². The Morgan fingerprint density at radius 2 is 2.05 bits per heavy atom. The first kappa shape index (κ1) is 15.0. The monoisotopic (exact) mass is 263 g/mol. The number of anilines is 1. The molecule has 1 aromatic rings. The molecule has 2 N–H and O–H groups in total. The summed E-state index contributed by atoms with van der Waals surface area (Å²) < 4.78 is 12.9. The van der Waals surface area contributed by atoms with E-state index < -0.39 is 11.2 Å². The van der Waals surface area contributed by atoms with Gasteiger partial charge in [0.1, 0.15) is 11.9 Å². The minimum atomic E-state index is -0.442. The minimum Gasteiger partial charge on any atom is -0.382 e. The van der Waals surface area contributed by atoms with Crippen LogP contribution in [0.25, 0.3) is 0 Å². The number of benzene rings is 1. The molecule has 5 heteroatoms. The Bertz CT molecular complexity index is 500. The molecule has 1 rings (SSSR count). The number of hydrogen-bond acceptors (Lipinski definition) is 3. The SMILES string of the molecule is CC(C)(C)C(=O)NCCNc1ccc(F)cc1C#N. The molecule has 1 aromatic carbocycles. The zero-order valence-electron chi connectivity index (χ0n) is 11.4. The van der Waals surface area contributed by atoms with Crippen molar-refractivity contribution in [3.63, 3.8) is 0 Å². The molecule has 1 amide bonds. The summed E-state index contributed by atoms with van der Waals surface area (Å²) in [7, 11) is 0. The predicted octanol–water partition coefficient (Wildman–Crippen LogP) is 2.27. The lowest BCUT2D eigenvalue weighted by Gasteiger charge is -2.18. The molecule has 0 bridgehead atoms. The smallest absolute Gasteiger partial charge is 0.225 e. The highest BCUT2D eigenvalue weighted by Crippen LogP contribution is 2.15. The van der Waals surface area contributed by atoms with Crippen LogP contribution >= 0.6 is 0 Å². The molecule has 19 heavy (non-hydrogen) atoms. The van der Waals surface area contributed by atoms with Crippen LogP contribution in [0.5, 0.6) is 0 Å². The van der Waals surface area contributed by atoms with Crippen LogP contribution < -0.4 is 10.6 Å². The van der Waals surface area contributed by atoms with Gasteiger partial charge in [0.25, 0.3) is 0 Å². The normalized spacial score (nSPS) is 10.7. The average Bonchev–Trinajstić information content (AvgIpc) is 2.34. The van der Waals surface area contributed by atoms with E-state index in [0.29, 0.717) is 18.8 Å². The van der Waals surface area contributed by atoms with E-state index in [9.17, 15) is 9.18 Å². The quantitative estimate of drug-likeness (QED) is 0.819. The molecule has 0 fully saturated rings. The number of carbonyl (C=O) groups excluding carboxylic acids is 1. The highest BCUT2D eigenvalue weighted by molar-refractivity contribution is 5.81. The molecular weight excluding hydrogens is 245 g/mol. The number of carbonyl (C=O) groups is 1. The molecule has 0 heterocycles. The van der Waals surface area contributed by atoms with E-state index in [1.165, 1.54) is 18.2 Å². The number of nitrogens with zero attached hydrogens (tertiary/aromatic N) is 1. The standard InChI is InChI=1S/C14H18FN3O/c1-14(2,3)13(19)18-7-6-17-12-5-4-11(15)8-10(12)9-16/h4-5,8,17H,6-7H2,1-3H3,(H,18,19). The molecule has 0 unspecified atom stereocenters. The molecule has 0 aliphatic heterocycles. The number of nitrogens with one attached hydrogen (secondary N) is 2. The maximum absolute atomic E-state index is 12.9. The van der Waals surface area contributed by atoms with Crippen LogP contribution in [0.15, 0.2) is 18.2 Å². The van der Waals surface area contributed by atoms with Gasteiger partial charge >= 0.3 is 0 Å². The van der Waals surface area contributed by atoms with Crippen molar-refractivity contribution < 1.29 is 9.18 Å². The van der Waals surface area contributed by atoms with Gasteiger partial charge in [-0.1, -0.05) is 20.8 Å². The van der Waals surface area contributed by atoms with E-state index in [2.05, 4.69) is 10.6 Å². The Kier molecular flexibility index (Phi) is 4.87. The second-order valence-electron chi connectivity index (χ2n) is 5.23. The number of halogens is 1. The molecule has 0 saturated heterocycles. The number of nitriles is 1. The van der Waals surface area contributed by atoms with Gasteiger partial charge in [-0.05, 0) is 18.2 Å². The van der Waals surface area contributed by atoms with Gasteiger partial charge in [0, 0.05) is 18.5 Å². The third kappa shape index (κ3) is 4.59. The fourth-order valence-corrected chi connectivity index (χ4v) is 1.40. The van der Waals surface area contributed by atoms with Gasteiger partial charge in [-0.3, -0.25) is 4.79 Å². The maximum Gasteiger partial charge on any atom is 0.225 e. The minimum absolute atomic E-state index is 0.0334. The largest absolute Gasteiger partial charge is 0.382 e. The van der Waals surface area contributed by atoms with Crippen molar-refractivity contribution in [3.05, 3.63) is 29.6 Å². The number of hydrogen-bond donors (Lipinski definition) is 2. The summed E-state index contributed by atoms with van der Waals surface area (Å²) in [5, 5.41) is 14.6. The Hall–Kier alpha value is -2.09. The van der Waals surface area contributed by atoms with Crippen molar-refractivity contribution in [1.82, 2.24) is 5.32 Å². The van der Waals surface area contributed by atoms with E-state index in [0.717, 1.165) is 0 Å². The fourth-order valence-electron chi connectivity index (χ4n) is 1.40. The van der Waals surface area contributed by atoms with Crippen molar-refractivity contribution in [3.8, 4) is 6.07 Å². The van der Waals surface area contributed by atoms with E-state index in [4.69, 9.17) is 5.26 Å². The van der Waals surface area contributed by atoms with E-state index in [1.807, 2.05) is 26.8 Å². The molecule has 102 valence electrons. The predicted molar refractivity (Wildman–Crippen MR) is 72.1 cm³/mol.